The van der Waals surface area contributed by atoms with Gasteiger partial charge in [-0.2, -0.15) is 11.8 Å². The highest BCUT2D eigenvalue weighted by atomic mass is 32.2. The van der Waals surface area contributed by atoms with E-state index < -0.39 is 0 Å². The third-order valence-electron chi connectivity index (χ3n) is 2.75. The summed E-state index contributed by atoms with van der Waals surface area (Å²) >= 11 is 1.99. The number of hydrogen-bond donors (Lipinski definition) is 2. The van der Waals surface area contributed by atoms with Gasteiger partial charge < -0.3 is 10.4 Å². The first-order valence-electron chi connectivity index (χ1n) is 5.25. The van der Waals surface area contributed by atoms with E-state index in [1.165, 1.54) is 19.3 Å². The Morgan fingerprint density at radius 3 is 2.92 bits per heavy atom. The first-order chi connectivity index (χ1) is 6.38. The van der Waals surface area contributed by atoms with E-state index in [0.29, 0.717) is 6.61 Å². The van der Waals surface area contributed by atoms with Crippen molar-refractivity contribution in [3.8, 4) is 0 Å². The number of unbranched alkanes of at least 4 members (excludes halogenated alkanes) is 1. The Bertz CT molecular complexity index is 132. The molecule has 1 fully saturated rings. The summed E-state index contributed by atoms with van der Waals surface area (Å²) < 4.78 is 0. The van der Waals surface area contributed by atoms with Gasteiger partial charge in [-0.25, -0.2) is 0 Å². The van der Waals surface area contributed by atoms with E-state index in [1.54, 1.807) is 0 Å². The molecule has 1 aliphatic rings. The van der Waals surface area contributed by atoms with Gasteiger partial charge in [-0.05, 0) is 38.5 Å². The van der Waals surface area contributed by atoms with Crippen LogP contribution in [-0.4, -0.2) is 35.8 Å². The maximum absolute atomic E-state index is 8.62. The lowest BCUT2D eigenvalue weighted by Crippen LogP contribution is -2.34. The smallest absolute Gasteiger partial charge is 0.0431 e. The number of thioether (sulfide) groups is 1. The summed E-state index contributed by atoms with van der Waals surface area (Å²) in [6, 6.07) is 0.730. The molecule has 2 N–H and O–H groups in total. The zero-order valence-corrected chi connectivity index (χ0v) is 9.28. The minimum absolute atomic E-state index is 0.332. The number of nitrogens with one attached hydrogen (secondary N) is 1. The standard InChI is InChI=1S/C10H21NOS/c1-13-10-6-4-5-9(10)11-7-2-3-8-12/h9-12H,2-8H2,1H3. The summed E-state index contributed by atoms with van der Waals surface area (Å²) in [6.07, 6.45) is 8.34. The molecule has 0 bridgehead atoms. The molecule has 0 aromatic rings. The van der Waals surface area contributed by atoms with Crippen LogP contribution in [0.4, 0.5) is 0 Å². The fraction of sp³-hybridized carbons (Fsp3) is 1.00. The average molecular weight is 203 g/mol. The largest absolute Gasteiger partial charge is 0.396 e. The molecule has 13 heavy (non-hydrogen) atoms. The van der Waals surface area contributed by atoms with Crippen molar-refractivity contribution in [3.63, 3.8) is 0 Å². The zero-order chi connectivity index (χ0) is 9.52. The molecule has 78 valence electrons. The molecule has 0 spiro atoms. The average Bonchev–Trinajstić information content (AvgIpc) is 2.60. The maximum Gasteiger partial charge on any atom is 0.0431 e. The second-order valence-electron chi connectivity index (χ2n) is 3.70. The van der Waals surface area contributed by atoms with Crippen LogP contribution in [0.1, 0.15) is 32.1 Å². The van der Waals surface area contributed by atoms with E-state index in [0.717, 1.165) is 30.7 Å². The van der Waals surface area contributed by atoms with Gasteiger partial charge in [0.2, 0.25) is 0 Å². The lowest BCUT2D eigenvalue weighted by Gasteiger charge is -2.18. The van der Waals surface area contributed by atoms with E-state index in [1.807, 2.05) is 11.8 Å². The van der Waals surface area contributed by atoms with Gasteiger partial charge >= 0.3 is 0 Å². The Kier molecular flexibility index (Phi) is 5.83. The lowest BCUT2D eigenvalue weighted by atomic mass is 10.2. The first-order valence-corrected chi connectivity index (χ1v) is 6.54. The maximum atomic E-state index is 8.62. The van der Waals surface area contributed by atoms with Crippen molar-refractivity contribution in [2.24, 2.45) is 0 Å². The number of rotatable bonds is 6. The highest BCUT2D eigenvalue weighted by Gasteiger charge is 2.25. The van der Waals surface area contributed by atoms with Crippen molar-refractivity contribution >= 4 is 11.8 Å². The first kappa shape index (κ1) is 11.3. The van der Waals surface area contributed by atoms with E-state index in [-0.39, 0.29) is 0 Å². The molecule has 0 aliphatic heterocycles. The van der Waals surface area contributed by atoms with Crippen LogP contribution < -0.4 is 5.32 Å². The third-order valence-corrected chi connectivity index (χ3v) is 3.92. The summed E-state index contributed by atoms with van der Waals surface area (Å²) in [7, 11) is 0. The summed E-state index contributed by atoms with van der Waals surface area (Å²) in [5.41, 5.74) is 0. The Morgan fingerprint density at radius 1 is 1.38 bits per heavy atom. The van der Waals surface area contributed by atoms with Crippen molar-refractivity contribution in [1.29, 1.82) is 0 Å². The van der Waals surface area contributed by atoms with Crippen LogP contribution in [-0.2, 0) is 0 Å². The van der Waals surface area contributed by atoms with Gasteiger partial charge in [0.25, 0.3) is 0 Å². The molecule has 1 rings (SSSR count). The molecule has 3 heteroatoms. The molecule has 2 nitrogen and oxygen atoms in total. The highest BCUT2D eigenvalue weighted by Crippen LogP contribution is 2.28. The molecule has 0 aromatic carbocycles. The van der Waals surface area contributed by atoms with Crippen LogP contribution in [0.3, 0.4) is 0 Å². The summed E-state index contributed by atoms with van der Waals surface area (Å²) in [4.78, 5) is 0. The fourth-order valence-corrected chi connectivity index (χ4v) is 2.93. The number of aliphatic hydroxyl groups is 1. The van der Waals surface area contributed by atoms with E-state index in [4.69, 9.17) is 5.11 Å². The molecular weight excluding hydrogens is 182 g/mol. The van der Waals surface area contributed by atoms with Crippen LogP contribution in [0.5, 0.6) is 0 Å². The van der Waals surface area contributed by atoms with Gasteiger partial charge in [0.15, 0.2) is 0 Å². The topological polar surface area (TPSA) is 32.3 Å². The Morgan fingerprint density at radius 2 is 2.23 bits per heavy atom. The van der Waals surface area contributed by atoms with Gasteiger partial charge in [0.1, 0.15) is 0 Å². The van der Waals surface area contributed by atoms with Gasteiger partial charge in [-0.15, -0.1) is 0 Å². The van der Waals surface area contributed by atoms with Crippen molar-refractivity contribution in [2.45, 2.75) is 43.4 Å². The third kappa shape index (κ3) is 3.88. The quantitative estimate of drug-likeness (QED) is 0.644. The Balaban J connectivity index is 2.06. The molecule has 0 radical (unpaired) electrons. The van der Waals surface area contributed by atoms with Crippen LogP contribution >= 0.6 is 11.8 Å². The second-order valence-corrected chi connectivity index (χ2v) is 4.77. The minimum atomic E-state index is 0.332. The predicted molar refractivity (Wildman–Crippen MR) is 59.3 cm³/mol. The molecular formula is C10H21NOS. The van der Waals surface area contributed by atoms with Crippen LogP contribution in [0.25, 0.3) is 0 Å². The number of aliphatic hydroxyl groups excluding tert-OH is 1. The molecule has 0 amide bonds. The minimum Gasteiger partial charge on any atom is -0.396 e. The Labute approximate surface area is 85.5 Å². The summed E-state index contributed by atoms with van der Waals surface area (Å²) in [5.74, 6) is 0. The summed E-state index contributed by atoms with van der Waals surface area (Å²) in [5, 5.41) is 13.0. The monoisotopic (exact) mass is 203 g/mol. The van der Waals surface area contributed by atoms with E-state index in [2.05, 4.69) is 11.6 Å². The van der Waals surface area contributed by atoms with Gasteiger partial charge in [-0.1, -0.05) is 6.42 Å². The van der Waals surface area contributed by atoms with Gasteiger partial charge in [0.05, 0.1) is 0 Å². The molecule has 0 heterocycles. The van der Waals surface area contributed by atoms with Gasteiger partial charge in [0, 0.05) is 17.9 Å². The van der Waals surface area contributed by atoms with E-state index >= 15 is 0 Å². The highest BCUT2D eigenvalue weighted by molar-refractivity contribution is 7.99. The van der Waals surface area contributed by atoms with E-state index in [9.17, 15) is 0 Å². The Hall–Kier alpha value is 0.270. The lowest BCUT2D eigenvalue weighted by molar-refractivity contribution is 0.282. The molecule has 1 saturated carbocycles. The molecule has 0 saturated heterocycles. The zero-order valence-electron chi connectivity index (χ0n) is 8.46. The van der Waals surface area contributed by atoms with Crippen molar-refractivity contribution in [2.75, 3.05) is 19.4 Å². The SMILES string of the molecule is CSC1CCCC1NCCCCO. The molecule has 0 aromatic heterocycles. The molecule has 2 atom stereocenters. The van der Waals surface area contributed by atoms with Crippen molar-refractivity contribution in [3.05, 3.63) is 0 Å². The summed E-state index contributed by atoms with van der Waals surface area (Å²) in [6.45, 7) is 1.40. The van der Waals surface area contributed by atoms with Crippen LogP contribution in [0.15, 0.2) is 0 Å². The molecule has 2 unspecified atom stereocenters. The van der Waals surface area contributed by atoms with Crippen molar-refractivity contribution < 1.29 is 5.11 Å². The predicted octanol–water partition coefficient (Wildman–Crippen LogP) is 1.63. The van der Waals surface area contributed by atoms with Crippen LogP contribution in [0, 0.1) is 0 Å². The fourth-order valence-electron chi connectivity index (χ4n) is 1.97. The molecule has 1 aliphatic carbocycles. The van der Waals surface area contributed by atoms with Crippen LogP contribution in [0.2, 0.25) is 0 Å². The number of hydrogen-bond acceptors (Lipinski definition) is 3. The normalized spacial score (nSPS) is 28.2. The van der Waals surface area contributed by atoms with Crippen molar-refractivity contribution in [1.82, 2.24) is 5.32 Å². The second kappa shape index (κ2) is 6.68. The van der Waals surface area contributed by atoms with Gasteiger partial charge in [-0.3, -0.25) is 0 Å².